The number of carbonyl (C=O) groups excluding carboxylic acids is 1. The number of nitrogens with one attached hydrogen (secondary N) is 1. The number of aromatic nitrogens is 1. The van der Waals surface area contributed by atoms with E-state index in [2.05, 4.69) is 16.9 Å². The summed E-state index contributed by atoms with van der Waals surface area (Å²) in [5.41, 5.74) is -1.03. The highest BCUT2D eigenvalue weighted by Crippen LogP contribution is 2.25. The van der Waals surface area contributed by atoms with Gasteiger partial charge in [0, 0.05) is 6.20 Å². The number of amides is 1. The molecule has 0 radical (unpaired) electrons. The molecule has 1 aromatic heterocycles. The van der Waals surface area contributed by atoms with E-state index in [1.807, 2.05) is 0 Å². The van der Waals surface area contributed by atoms with Gasteiger partial charge in [0.05, 0.1) is 4.92 Å². The number of carboxylic acids is 1. The van der Waals surface area contributed by atoms with Gasteiger partial charge in [0.15, 0.2) is 0 Å². The monoisotopic (exact) mass is 299 g/mol. The van der Waals surface area contributed by atoms with E-state index >= 15 is 0 Å². The van der Waals surface area contributed by atoms with Crippen molar-refractivity contribution in [3.05, 3.63) is 45.7 Å². The number of aliphatic carboxylic acids is 1. The van der Waals surface area contributed by atoms with Crippen molar-refractivity contribution in [1.82, 2.24) is 10.3 Å². The number of carbonyl (C=O) groups is 2. The standard InChI is InChI=1S/C11H10ClN3O5/c1-2-3-7(11(17)18)14-10(16)6-4-5-13-9(12)8(6)15(19)20/h2,4-5,7H,1,3H2,(H,14,16)(H,17,18). The molecule has 0 aromatic carbocycles. The fraction of sp³-hybridized carbons (Fsp3) is 0.182. The summed E-state index contributed by atoms with van der Waals surface area (Å²) in [5.74, 6) is -2.20. The third-order valence-electron chi connectivity index (χ3n) is 2.31. The van der Waals surface area contributed by atoms with Crippen LogP contribution in [0.25, 0.3) is 0 Å². The predicted octanol–water partition coefficient (Wildman–Crippen LogP) is 1.40. The normalized spacial score (nSPS) is 11.4. The fourth-order valence-corrected chi connectivity index (χ4v) is 1.64. The SMILES string of the molecule is C=CCC(NC(=O)c1ccnc(Cl)c1[N+](=O)[O-])C(=O)O. The molecule has 2 N–H and O–H groups in total. The molecule has 1 amide bonds. The Hall–Kier alpha value is -2.48. The minimum absolute atomic E-state index is 0.0202. The van der Waals surface area contributed by atoms with Gasteiger partial charge in [-0.2, -0.15) is 0 Å². The van der Waals surface area contributed by atoms with Crippen LogP contribution in [0.2, 0.25) is 5.15 Å². The van der Waals surface area contributed by atoms with Crippen LogP contribution in [0.4, 0.5) is 5.69 Å². The van der Waals surface area contributed by atoms with Crippen molar-refractivity contribution >= 4 is 29.2 Å². The van der Waals surface area contributed by atoms with Gasteiger partial charge in [-0.05, 0) is 12.5 Å². The molecule has 0 aliphatic carbocycles. The van der Waals surface area contributed by atoms with Gasteiger partial charge in [-0.3, -0.25) is 14.9 Å². The first-order chi connectivity index (χ1) is 9.38. The summed E-state index contributed by atoms with van der Waals surface area (Å²) in [6, 6.07) is -0.141. The van der Waals surface area contributed by atoms with Crippen LogP contribution in [0, 0.1) is 10.1 Å². The van der Waals surface area contributed by atoms with Crippen LogP contribution in [-0.2, 0) is 4.79 Å². The van der Waals surface area contributed by atoms with Crippen molar-refractivity contribution < 1.29 is 19.6 Å². The average Bonchev–Trinajstić information content (AvgIpc) is 2.37. The van der Waals surface area contributed by atoms with Crippen LogP contribution in [0.5, 0.6) is 0 Å². The Morgan fingerprint density at radius 1 is 1.65 bits per heavy atom. The van der Waals surface area contributed by atoms with Crippen molar-refractivity contribution in [1.29, 1.82) is 0 Å². The van der Waals surface area contributed by atoms with E-state index in [-0.39, 0.29) is 12.0 Å². The largest absolute Gasteiger partial charge is 0.480 e. The number of nitro groups is 1. The highest BCUT2D eigenvalue weighted by atomic mass is 35.5. The summed E-state index contributed by atoms with van der Waals surface area (Å²) in [4.78, 5) is 36.3. The van der Waals surface area contributed by atoms with Crippen LogP contribution < -0.4 is 5.32 Å². The molecule has 0 spiro atoms. The Bertz CT molecular complexity index is 575. The third-order valence-corrected chi connectivity index (χ3v) is 2.59. The molecule has 1 rings (SSSR count). The van der Waals surface area contributed by atoms with Gasteiger partial charge in [0.25, 0.3) is 5.91 Å². The predicted molar refractivity (Wildman–Crippen MR) is 69.6 cm³/mol. The molecule has 0 fully saturated rings. The van der Waals surface area contributed by atoms with E-state index in [1.54, 1.807) is 0 Å². The Morgan fingerprint density at radius 2 is 2.30 bits per heavy atom. The zero-order valence-electron chi connectivity index (χ0n) is 10.1. The van der Waals surface area contributed by atoms with Crippen molar-refractivity contribution in [3.63, 3.8) is 0 Å². The quantitative estimate of drug-likeness (QED) is 0.354. The van der Waals surface area contributed by atoms with Gasteiger partial charge in [-0.1, -0.05) is 17.7 Å². The summed E-state index contributed by atoms with van der Waals surface area (Å²) in [7, 11) is 0. The molecule has 0 saturated heterocycles. The summed E-state index contributed by atoms with van der Waals surface area (Å²) >= 11 is 5.56. The molecule has 1 unspecified atom stereocenters. The van der Waals surface area contributed by atoms with Crippen LogP contribution in [-0.4, -0.2) is 32.9 Å². The van der Waals surface area contributed by atoms with Gasteiger partial charge >= 0.3 is 11.7 Å². The van der Waals surface area contributed by atoms with Crippen LogP contribution >= 0.6 is 11.6 Å². The Morgan fingerprint density at radius 3 is 2.80 bits per heavy atom. The minimum Gasteiger partial charge on any atom is -0.480 e. The molecule has 8 nitrogen and oxygen atoms in total. The second-order valence-electron chi connectivity index (χ2n) is 3.64. The molecule has 0 aliphatic rings. The van der Waals surface area contributed by atoms with Gasteiger partial charge in [-0.15, -0.1) is 6.58 Å². The first-order valence-corrected chi connectivity index (χ1v) is 5.69. The first-order valence-electron chi connectivity index (χ1n) is 5.32. The molecule has 106 valence electrons. The maximum atomic E-state index is 11.9. The van der Waals surface area contributed by atoms with Gasteiger partial charge in [0.2, 0.25) is 5.15 Å². The summed E-state index contributed by atoms with van der Waals surface area (Å²) in [6.07, 6.45) is 2.41. The second kappa shape index (κ2) is 6.62. The van der Waals surface area contributed by atoms with Crippen molar-refractivity contribution in [3.8, 4) is 0 Å². The number of nitrogens with zero attached hydrogens (tertiary/aromatic N) is 2. The summed E-state index contributed by atoms with van der Waals surface area (Å²) in [6.45, 7) is 3.37. The topological polar surface area (TPSA) is 122 Å². The van der Waals surface area contributed by atoms with E-state index in [0.29, 0.717) is 0 Å². The molecule has 20 heavy (non-hydrogen) atoms. The number of pyridine rings is 1. The maximum Gasteiger partial charge on any atom is 0.326 e. The molecule has 1 atom stereocenters. The molecule has 1 aromatic rings. The zero-order valence-corrected chi connectivity index (χ0v) is 10.8. The lowest BCUT2D eigenvalue weighted by Crippen LogP contribution is -2.40. The maximum absolute atomic E-state index is 11.9. The Balaban J connectivity index is 3.09. The van der Waals surface area contributed by atoms with Crippen molar-refractivity contribution in [2.45, 2.75) is 12.5 Å². The van der Waals surface area contributed by atoms with E-state index in [4.69, 9.17) is 16.7 Å². The van der Waals surface area contributed by atoms with Crippen LogP contribution in [0.15, 0.2) is 24.9 Å². The lowest BCUT2D eigenvalue weighted by molar-refractivity contribution is -0.385. The van der Waals surface area contributed by atoms with Crippen molar-refractivity contribution in [2.75, 3.05) is 0 Å². The minimum atomic E-state index is -1.28. The third kappa shape index (κ3) is 3.51. The smallest absolute Gasteiger partial charge is 0.326 e. The fourth-order valence-electron chi connectivity index (χ4n) is 1.41. The Kier molecular flexibility index (Phi) is 5.15. The second-order valence-corrected chi connectivity index (χ2v) is 4.00. The van der Waals surface area contributed by atoms with E-state index in [9.17, 15) is 19.7 Å². The molecule has 0 saturated carbocycles. The van der Waals surface area contributed by atoms with E-state index in [0.717, 1.165) is 12.3 Å². The number of carboxylic acid groups (broad SMARTS) is 1. The average molecular weight is 300 g/mol. The summed E-state index contributed by atoms with van der Waals surface area (Å²) in [5, 5.41) is 21.5. The first kappa shape index (κ1) is 15.6. The van der Waals surface area contributed by atoms with Crippen LogP contribution in [0.3, 0.4) is 0 Å². The molecule has 0 bridgehead atoms. The summed E-state index contributed by atoms with van der Waals surface area (Å²) < 4.78 is 0. The van der Waals surface area contributed by atoms with Crippen LogP contribution in [0.1, 0.15) is 16.8 Å². The zero-order chi connectivity index (χ0) is 15.3. The number of rotatable bonds is 6. The van der Waals surface area contributed by atoms with E-state index in [1.165, 1.54) is 6.08 Å². The molecule has 1 heterocycles. The highest BCUT2D eigenvalue weighted by Gasteiger charge is 2.27. The lowest BCUT2D eigenvalue weighted by atomic mass is 10.1. The van der Waals surface area contributed by atoms with Gasteiger partial charge in [0.1, 0.15) is 11.6 Å². The number of hydrogen-bond acceptors (Lipinski definition) is 5. The van der Waals surface area contributed by atoms with Gasteiger partial charge in [-0.25, -0.2) is 9.78 Å². The molecule has 0 aliphatic heterocycles. The highest BCUT2D eigenvalue weighted by molar-refractivity contribution is 6.32. The molecular formula is C11H10ClN3O5. The number of hydrogen-bond donors (Lipinski definition) is 2. The number of halogens is 1. The molecule has 9 heteroatoms. The lowest BCUT2D eigenvalue weighted by Gasteiger charge is -2.12. The van der Waals surface area contributed by atoms with Crippen molar-refractivity contribution in [2.24, 2.45) is 0 Å². The van der Waals surface area contributed by atoms with Gasteiger partial charge < -0.3 is 10.4 Å². The molecular weight excluding hydrogens is 290 g/mol. The Labute approximate surface area is 118 Å². The van der Waals surface area contributed by atoms with E-state index < -0.39 is 33.7 Å².